The largest absolute Gasteiger partial charge is 0.497 e. The summed E-state index contributed by atoms with van der Waals surface area (Å²) < 4.78 is 35.4. The average molecular weight is 1430 g/mol. The Morgan fingerprint density at radius 3 is 2.09 bits per heavy atom. The van der Waals surface area contributed by atoms with Gasteiger partial charge in [0, 0.05) is 87.5 Å². The topological polar surface area (TPSA) is 404 Å². The Hall–Kier alpha value is -11.0. The van der Waals surface area contributed by atoms with E-state index in [0.717, 1.165) is 12.5 Å². The van der Waals surface area contributed by atoms with Crippen molar-refractivity contribution in [3.8, 4) is 5.75 Å². The second kappa shape index (κ2) is 35.8. The minimum absolute atomic E-state index is 0.0169. The quantitative estimate of drug-likeness (QED) is 0.0484. The van der Waals surface area contributed by atoms with Gasteiger partial charge in [-0.3, -0.25) is 57.5 Å². The van der Waals surface area contributed by atoms with Gasteiger partial charge >= 0.3 is 5.97 Å². The van der Waals surface area contributed by atoms with Crippen LogP contribution < -0.4 is 53.0 Å². The van der Waals surface area contributed by atoms with Crippen LogP contribution in [-0.2, 0) is 96.2 Å². The molecule has 4 aliphatic rings. The van der Waals surface area contributed by atoms with E-state index in [1.807, 2.05) is 12.1 Å². The molecule has 0 saturated carbocycles. The van der Waals surface area contributed by atoms with Crippen molar-refractivity contribution in [2.24, 2.45) is 11.7 Å². The number of hydrogen-bond donors (Lipinski definition) is 12. The highest BCUT2D eigenvalue weighted by Gasteiger charge is 2.47. The first-order chi connectivity index (χ1) is 49.8. The van der Waals surface area contributed by atoms with Crippen LogP contribution in [0, 0.1) is 17.6 Å². The van der Waals surface area contributed by atoms with Crippen molar-refractivity contribution in [1.82, 2.24) is 62.4 Å². The van der Waals surface area contributed by atoms with Crippen LogP contribution in [0.2, 0.25) is 0 Å². The van der Waals surface area contributed by atoms with E-state index in [9.17, 15) is 47.9 Å². The molecule has 4 aromatic carbocycles. The Morgan fingerprint density at radius 1 is 0.712 bits per heavy atom. The lowest BCUT2D eigenvalue weighted by Gasteiger charge is -2.37. The monoisotopic (exact) mass is 1430 g/mol. The third kappa shape index (κ3) is 20.6. The predicted octanol–water partition coefficient (Wildman–Crippen LogP) is 3.84. The number of nitrogens with two attached hydrogens (primary N) is 1. The Bertz CT molecular complexity index is 4180. The van der Waals surface area contributed by atoms with E-state index < -0.39 is 156 Å². The number of ketones is 2. The zero-order valence-electron chi connectivity index (χ0n) is 58.4. The zero-order chi connectivity index (χ0) is 74.8. The number of nitrogens with zero attached hydrogens (tertiary/aromatic N) is 2. The normalized spacial score (nSPS) is 23.5. The lowest BCUT2D eigenvalue weighted by Crippen LogP contribution is -2.60. The number of imidazole rings is 1. The highest BCUT2D eigenvalue weighted by atomic mass is 19.1. The number of aromatic amines is 2. The molecule has 3 aliphatic heterocycles. The number of nitrogens with one attached hydrogen (secondary N) is 10. The van der Waals surface area contributed by atoms with Gasteiger partial charge in [-0.2, -0.15) is 0 Å². The number of hydrogen-bond acceptors (Lipinski definition) is 15. The summed E-state index contributed by atoms with van der Waals surface area (Å²) in [6.07, 6.45) is 4.89. The van der Waals surface area contributed by atoms with Crippen LogP contribution in [0.3, 0.4) is 0 Å². The first-order valence-corrected chi connectivity index (χ1v) is 34.8. The molecule has 1 aliphatic carbocycles. The van der Waals surface area contributed by atoms with Gasteiger partial charge in [0.05, 0.1) is 43.8 Å². The fraction of sp³-hybridized carbons (Fsp3) is 0.427. The molecular weight excluding hydrogens is 1340 g/mol. The molecule has 0 unspecified atom stereocenters. The zero-order valence-corrected chi connectivity index (χ0v) is 58.4. The molecule has 29 heteroatoms. The van der Waals surface area contributed by atoms with E-state index >= 15 is 23.6 Å². The van der Waals surface area contributed by atoms with Gasteiger partial charge in [-0.1, -0.05) is 48.5 Å². The minimum atomic E-state index is -1.78. The predicted molar refractivity (Wildman–Crippen MR) is 377 cm³/mol. The van der Waals surface area contributed by atoms with Gasteiger partial charge in [-0.15, -0.1) is 0 Å². The summed E-state index contributed by atoms with van der Waals surface area (Å²) in [7, 11) is 1.48. The van der Waals surface area contributed by atoms with Gasteiger partial charge in [0.15, 0.2) is 11.6 Å². The van der Waals surface area contributed by atoms with Crippen molar-refractivity contribution in [2.45, 2.75) is 178 Å². The molecule has 10 rings (SSSR count). The Labute approximate surface area is 599 Å². The molecular formula is C75H89F2N13O14. The fourth-order valence-electron chi connectivity index (χ4n) is 13.5. The van der Waals surface area contributed by atoms with E-state index in [2.05, 4.69) is 57.5 Å². The number of unbranched alkanes of at least 4 members (excludes halogenated alkanes) is 1. The van der Waals surface area contributed by atoms with Crippen molar-refractivity contribution >= 4 is 87.2 Å². The number of carboxylic acid groups (broad SMARTS) is 1. The first kappa shape index (κ1) is 77.2. The summed E-state index contributed by atoms with van der Waals surface area (Å²) in [5, 5.41) is 32.0. The number of rotatable bonds is 16. The molecule has 2 aromatic heterocycles. The summed E-state index contributed by atoms with van der Waals surface area (Å²) in [5.74, 6) is -12.9. The lowest BCUT2D eigenvalue weighted by atomic mass is 9.88. The first-order valence-electron chi connectivity index (χ1n) is 34.8. The molecule has 0 radical (unpaired) electrons. The number of methoxy groups -OCH3 is 1. The summed E-state index contributed by atoms with van der Waals surface area (Å²) in [6.45, 7) is 4.52. The van der Waals surface area contributed by atoms with Crippen molar-refractivity contribution in [1.29, 1.82) is 0 Å². The lowest BCUT2D eigenvalue weighted by molar-refractivity contribution is -0.146. The number of allylic oxidation sites excluding steroid dienone is 1. The number of aromatic nitrogens is 3. The number of amides is 9. The van der Waals surface area contributed by atoms with Gasteiger partial charge in [0.1, 0.15) is 53.6 Å². The molecule has 552 valence electrons. The smallest absolute Gasteiger partial charge is 0.304 e. The van der Waals surface area contributed by atoms with Crippen LogP contribution in [0.25, 0.3) is 16.5 Å². The van der Waals surface area contributed by atoms with Crippen molar-refractivity contribution in [2.75, 3.05) is 20.2 Å². The summed E-state index contributed by atoms with van der Waals surface area (Å²) in [4.78, 5) is 184. The second-order valence-electron chi connectivity index (χ2n) is 27.0. The number of benzene rings is 4. The summed E-state index contributed by atoms with van der Waals surface area (Å²) in [5.41, 5.74) is 9.13. The summed E-state index contributed by atoms with van der Waals surface area (Å²) in [6, 6.07) is 11.2. The van der Waals surface area contributed by atoms with Crippen molar-refractivity contribution in [3.63, 3.8) is 0 Å². The molecule has 9 atom stereocenters. The van der Waals surface area contributed by atoms with Crippen LogP contribution >= 0.6 is 0 Å². The molecule has 2 bridgehead atoms. The minimum Gasteiger partial charge on any atom is -0.497 e. The molecule has 104 heavy (non-hydrogen) atoms. The number of carboxylic acids is 1. The maximum absolute atomic E-state index is 15.3. The van der Waals surface area contributed by atoms with E-state index in [1.54, 1.807) is 55.5 Å². The number of H-pyrrole nitrogens is 2. The third-order valence-electron chi connectivity index (χ3n) is 19.3. The van der Waals surface area contributed by atoms with Gasteiger partial charge in [-0.05, 0) is 153 Å². The number of aryl methyl sites for hydroxylation is 1. The number of halogens is 2. The Kier molecular flexibility index (Phi) is 26.5. The van der Waals surface area contributed by atoms with Crippen LogP contribution in [0.4, 0.5) is 8.78 Å². The molecule has 0 spiro atoms. The Balaban J connectivity index is 1.08. The maximum atomic E-state index is 15.3. The maximum Gasteiger partial charge on any atom is 0.304 e. The Morgan fingerprint density at radius 2 is 1.38 bits per heavy atom. The van der Waals surface area contributed by atoms with E-state index in [-0.39, 0.29) is 68.5 Å². The van der Waals surface area contributed by atoms with E-state index in [4.69, 9.17) is 10.5 Å². The molecule has 1 saturated heterocycles. The number of ether oxygens (including phenoxy) is 1. The van der Waals surface area contributed by atoms with E-state index in [0.29, 0.717) is 89.7 Å². The molecule has 13 N–H and O–H groups in total. The van der Waals surface area contributed by atoms with Gasteiger partial charge in [-0.25, -0.2) is 13.8 Å². The SMILES string of the molecule is COc1ccc(C[C@@H]2NC(=O)[C@H](Cc3cnc[nH]3)NC(=O)[C@H](CC(=O)O)CC(=O)[C@H](Cc3c[nH]c4ccc(F)cc34)NC(=O)[C@H](CC3=CCc4ccc(F)cc43)NC(=O)[C@@H](C)NC(=O)[C@H](CCCCN)NC(=O)[C@@H](NC(C)=O)CC(=O)NCc3ccc(cc3)CCCC(=O)[C@]3(C)CCCN3C2=O)cc1. The molecule has 5 heterocycles. The molecule has 1 fully saturated rings. The number of carbonyl (C=O) groups excluding carboxylic acids is 11. The van der Waals surface area contributed by atoms with E-state index in [1.165, 1.54) is 68.0 Å². The molecule has 6 aromatic rings. The van der Waals surface area contributed by atoms with Crippen LogP contribution in [0.15, 0.2) is 110 Å². The van der Waals surface area contributed by atoms with Crippen molar-refractivity contribution < 1.29 is 76.2 Å². The average Bonchev–Trinajstić information content (AvgIpc) is 1.59. The second-order valence-corrected chi connectivity index (χ2v) is 27.0. The van der Waals surface area contributed by atoms with Gasteiger partial charge in [0.25, 0.3) is 0 Å². The standard InChI is InChI=1S/C75H89F2N13O14/c1-42-68(97)87-60(30-48-19-18-47-20-21-51(76)34-55(47)48)71(100)86-59(31-50-39-80-57-25-22-52(77)35-56(50)57)64(92)32-49(33-67(95)96)69(98)88-61(36-53-40-79-41-82-53)72(101)89-63(29-45-16-23-54(104-4)24-17-45)74(103)90-28-8-26-75(90,3)65(93)11-7-9-44-12-14-46(15-13-44)38-81-66(94)37-62(84-43(2)91)73(102)85-58(70(99)83-42)10-5-6-27-78/h12-17,19-25,34-35,39-42,49,58-63,80H,5-11,18,26-33,36-38,78H2,1-4H3,(H,79,82)(H,81,94)(H,83,99)(H,84,91)(H,85,102)(H,86,100)(H,87,97)(H,88,98)(H,89,101)(H,95,96)/t42-,49+,58+,59+,60+,61+,62+,63+,75+/m1/s1. The van der Waals surface area contributed by atoms with Crippen LogP contribution in [-0.4, -0.2) is 164 Å². The number of aliphatic carboxylic acids is 1. The van der Waals surface area contributed by atoms with Crippen LogP contribution in [0.5, 0.6) is 5.75 Å². The summed E-state index contributed by atoms with van der Waals surface area (Å²) >= 11 is 0. The molecule has 9 amide bonds. The van der Waals surface area contributed by atoms with Crippen LogP contribution in [0.1, 0.15) is 130 Å². The number of fused-ring (bicyclic) bond motifs is 33. The highest BCUT2D eigenvalue weighted by molar-refractivity contribution is 6.01. The molecule has 27 nitrogen and oxygen atoms in total. The fourth-order valence-corrected chi connectivity index (χ4v) is 13.5. The number of carbonyl (C=O) groups is 12. The highest BCUT2D eigenvalue weighted by Crippen LogP contribution is 2.34. The third-order valence-corrected chi connectivity index (χ3v) is 19.3. The van der Waals surface area contributed by atoms with Crippen molar-refractivity contribution in [3.05, 3.63) is 160 Å². The number of Topliss-reactive ketones (excluding diaryl/α,β-unsaturated/α-hetero) is 2. The van der Waals surface area contributed by atoms with Gasteiger partial charge < -0.3 is 73.0 Å². The van der Waals surface area contributed by atoms with Gasteiger partial charge in [0.2, 0.25) is 53.2 Å².